The van der Waals surface area contributed by atoms with Crippen molar-refractivity contribution in [1.82, 2.24) is 9.80 Å². The van der Waals surface area contributed by atoms with E-state index in [-0.39, 0.29) is 11.8 Å². The van der Waals surface area contributed by atoms with Crippen LogP contribution in [0.3, 0.4) is 0 Å². The smallest absolute Gasteiger partial charge is 0.253 e. The van der Waals surface area contributed by atoms with Gasteiger partial charge in [0.1, 0.15) is 5.75 Å². The lowest BCUT2D eigenvalue weighted by Gasteiger charge is -2.22. The zero-order valence-electron chi connectivity index (χ0n) is 16.5. The number of carbonyl (C=O) groups is 2. The number of ether oxygens (including phenoxy) is 1. The van der Waals surface area contributed by atoms with Crippen molar-refractivity contribution in [3.05, 3.63) is 65.7 Å². The van der Waals surface area contributed by atoms with Gasteiger partial charge in [0.05, 0.1) is 6.61 Å². The van der Waals surface area contributed by atoms with E-state index in [0.717, 1.165) is 17.7 Å². The lowest BCUT2D eigenvalue weighted by atomic mass is 10.2. The Morgan fingerprint density at radius 1 is 0.893 bits per heavy atom. The molecule has 2 aromatic rings. The molecule has 0 aliphatic carbocycles. The summed E-state index contributed by atoms with van der Waals surface area (Å²) in [6, 6.07) is 17.2. The van der Waals surface area contributed by atoms with E-state index in [9.17, 15) is 9.59 Å². The average Bonchev–Trinajstić information content (AvgIpc) is 2.99. The van der Waals surface area contributed by atoms with Gasteiger partial charge in [-0.2, -0.15) is 0 Å². The molecule has 1 heterocycles. The normalized spacial score (nSPS) is 14.5. The average molecular weight is 380 g/mol. The third kappa shape index (κ3) is 5.35. The van der Waals surface area contributed by atoms with Crippen molar-refractivity contribution in [2.75, 3.05) is 32.8 Å². The Balaban J connectivity index is 1.43. The molecule has 0 atom stereocenters. The van der Waals surface area contributed by atoms with Crippen molar-refractivity contribution in [3.8, 4) is 5.75 Å². The molecule has 3 rings (SSSR count). The maximum absolute atomic E-state index is 12.6. The predicted octanol–water partition coefficient (Wildman–Crippen LogP) is 3.53. The molecule has 2 aromatic carbocycles. The molecule has 2 amide bonds. The van der Waals surface area contributed by atoms with E-state index in [0.29, 0.717) is 51.2 Å². The Labute approximate surface area is 166 Å². The predicted molar refractivity (Wildman–Crippen MR) is 109 cm³/mol. The van der Waals surface area contributed by atoms with E-state index in [1.165, 1.54) is 0 Å². The molecule has 28 heavy (non-hydrogen) atoms. The Morgan fingerprint density at radius 2 is 1.57 bits per heavy atom. The zero-order chi connectivity index (χ0) is 19.8. The van der Waals surface area contributed by atoms with Crippen molar-refractivity contribution in [2.24, 2.45) is 0 Å². The summed E-state index contributed by atoms with van der Waals surface area (Å²) in [7, 11) is 0. The van der Waals surface area contributed by atoms with Gasteiger partial charge in [-0.1, -0.05) is 36.4 Å². The molecule has 5 nitrogen and oxygen atoms in total. The minimum absolute atomic E-state index is 0.0431. The minimum atomic E-state index is 0.0431. The molecule has 0 saturated carbocycles. The molecule has 1 aliphatic rings. The summed E-state index contributed by atoms with van der Waals surface area (Å²) < 4.78 is 5.77. The van der Waals surface area contributed by atoms with Crippen LogP contribution in [0.5, 0.6) is 5.75 Å². The van der Waals surface area contributed by atoms with Gasteiger partial charge in [0.2, 0.25) is 5.91 Å². The summed E-state index contributed by atoms with van der Waals surface area (Å²) in [6.45, 7) is 5.11. The van der Waals surface area contributed by atoms with E-state index in [1.54, 1.807) is 0 Å². The monoisotopic (exact) mass is 380 g/mol. The molecule has 0 aromatic heterocycles. The molecular formula is C23H28N2O3. The fraction of sp³-hybridized carbons (Fsp3) is 0.391. The maximum Gasteiger partial charge on any atom is 0.253 e. The highest BCUT2D eigenvalue weighted by atomic mass is 16.5. The molecular weight excluding hydrogens is 352 g/mol. The van der Waals surface area contributed by atoms with Crippen LogP contribution in [0.15, 0.2) is 54.6 Å². The second-order valence-electron chi connectivity index (χ2n) is 7.11. The molecule has 1 aliphatic heterocycles. The Hall–Kier alpha value is -2.82. The van der Waals surface area contributed by atoms with E-state index in [4.69, 9.17) is 4.74 Å². The highest BCUT2D eigenvalue weighted by molar-refractivity contribution is 5.94. The molecule has 5 heteroatoms. The lowest BCUT2D eigenvalue weighted by Crippen LogP contribution is -2.37. The largest absolute Gasteiger partial charge is 0.493 e. The Bertz CT molecular complexity index is 791. The summed E-state index contributed by atoms with van der Waals surface area (Å²) in [6.07, 6.45) is 1.97. The number of rotatable bonds is 6. The van der Waals surface area contributed by atoms with Crippen molar-refractivity contribution in [3.63, 3.8) is 0 Å². The van der Waals surface area contributed by atoms with Crippen LogP contribution in [0.25, 0.3) is 0 Å². The van der Waals surface area contributed by atoms with Gasteiger partial charge in [-0.15, -0.1) is 0 Å². The molecule has 0 bridgehead atoms. The summed E-state index contributed by atoms with van der Waals surface area (Å²) in [4.78, 5) is 28.9. The van der Waals surface area contributed by atoms with E-state index < -0.39 is 0 Å². The first-order valence-corrected chi connectivity index (χ1v) is 9.95. The fourth-order valence-electron chi connectivity index (χ4n) is 3.42. The van der Waals surface area contributed by atoms with Gasteiger partial charge in [-0.3, -0.25) is 9.59 Å². The van der Waals surface area contributed by atoms with Crippen molar-refractivity contribution >= 4 is 11.8 Å². The van der Waals surface area contributed by atoms with E-state index in [2.05, 4.69) is 0 Å². The number of amides is 2. The summed E-state index contributed by atoms with van der Waals surface area (Å²) in [5.41, 5.74) is 1.81. The van der Waals surface area contributed by atoms with Crippen LogP contribution in [-0.2, 0) is 4.79 Å². The van der Waals surface area contributed by atoms with Gasteiger partial charge >= 0.3 is 0 Å². The number of carbonyl (C=O) groups excluding carboxylic acids is 2. The molecule has 0 spiro atoms. The Kier molecular flexibility index (Phi) is 7.06. The van der Waals surface area contributed by atoms with Gasteiger partial charge in [-0.25, -0.2) is 0 Å². The van der Waals surface area contributed by atoms with Gasteiger partial charge in [0, 0.05) is 38.2 Å². The van der Waals surface area contributed by atoms with Crippen LogP contribution in [0.1, 0.15) is 35.2 Å². The summed E-state index contributed by atoms with van der Waals surface area (Å²) in [5, 5.41) is 0. The number of hydrogen-bond acceptors (Lipinski definition) is 3. The second kappa shape index (κ2) is 9.93. The number of benzene rings is 2. The third-order valence-corrected chi connectivity index (χ3v) is 5.04. The minimum Gasteiger partial charge on any atom is -0.493 e. The molecule has 1 fully saturated rings. The van der Waals surface area contributed by atoms with Crippen LogP contribution in [0.4, 0.5) is 0 Å². The van der Waals surface area contributed by atoms with E-state index >= 15 is 0 Å². The van der Waals surface area contributed by atoms with Crippen molar-refractivity contribution in [1.29, 1.82) is 0 Å². The van der Waals surface area contributed by atoms with Crippen LogP contribution in [0.2, 0.25) is 0 Å². The first-order chi connectivity index (χ1) is 13.6. The SMILES string of the molecule is Cc1ccccc1OCCCC(=O)N1CCCN(C(=O)c2ccccc2)CC1. The zero-order valence-corrected chi connectivity index (χ0v) is 16.5. The second-order valence-corrected chi connectivity index (χ2v) is 7.11. The van der Waals surface area contributed by atoms with Crippen LogP contribution in [-0.4, -0.2) is 54.4 Å². The molecule has 1 saturated heterocycles. The lowest BCUT2D eigenvalue weighted by molar-refractivity contribution is -0.131. The standard InChI is InChI=1S/C23H28N2O3/c1-19-9-5-6-12-21(19)28-18-7-13-22(26)24-14-8-15-25(17-16-24)23(27)20-10-3-2-4-11-20/h2-6,9-12H,7-8,13-18H2,1H3. The Morgan fingerprint density at radius 3 is 2.36 bits per heavy atom. The quantitative estimate of drug-likeness (QED) is 0.721. The van der Waals surface area contributed by atoms with Gasteiger partial charge in [0.25, 0.3) is 5.91 Å². The number of nitrogens with zero attached hydrogens (tertiary/aromatic N) is 2. The third-order valence-electron chi connectivity index (χ3n) is 5.04. The molecule has 0 unspecified atom stereocenters. The topological polar surface area (TPSA) is 49.9 Å². The molecule has 148 valence electrons. The molecule has 0 N–H and O–H groups in total. The number of aryl methyl sites for hydroxylation is 1. The number of para-hydroxylation sites is 1. The van der Waals surface area contributed by atoms with Gasteiger partial charge < -0.3 is 14.5 Å². The van der Waals surface area contributed by atoms with Gasteiger partial charge in [0.15, 0.2) is 0 Å². The van der Waals surface area contributed by atoms with Crippen LogP contribution in [0, 0.1) is 6.92 Å². The first-order valence-electron chi connectivity index (χ1n) is 9.95. The van der Waals surface area contributed by atoms with E-state index in [1.807, 2.05) is 71.3 Å². The van der Waals surface area contributed by atoms with Crippen LogP contribution >= 0.6 is 0 Å². The summed E-state index contributed by atoms with van der Waals surface area (Å²) >= 11 is 0. The molecule has 0 radical (unpaired) electrons. The first kappa shape index (κ1) is 19.9. The van der Waals surface area contributed by atoms with Crippen molar-refractivity contribution in [2.45, 2.75) is 26.2 Å². The van der Waals surface area contributed by atoms with Crippen molar-refractivity contribution < 1.29 is 14.3 Å². The highest BCUT2D eigenvalue weighted by Crippen LogP contribution is 2.17. The summed E-state index contributed by atoms with van der Waals surface area (Å²) in [5.74, 6) is 1.06. The maximum atomic E-state index is 12.6. The van der Waals surface area contributed by atoms with Gasteiger partial charge in [-0.05, 0) is 43.5 Å². The van der Waals surface area contributed by atoms with Crippen LogP contribution < -0.4 is 4.74 Å². The number of hydrogen-bond donors (Lipinski definition) is 0. The fourth-order valence-corrected chi connectivity index (χ4v) is 3.42. The highest BCUT2D eigenvalue weighted by Gasteiger charge is 2.22.